The lowest BCUT2D eigenvalue weighted by atomic mass is 10.2. The number of carbonyl (C=O) groups excluding carboxylic acids is 1. The SMILES string of the molecule is CCOC(=O)c1ccc(OC[C@@H](O)Cn2c(C)cc(=O)n3nc(C)cc23)cc1. The number of aliphatic hydroxyl groups is 1. The molecule has 2 aromatic heterocycles. The number of rotatable bonds is 7. The minimum atomic E-state index is -0.801. The van der Waals surface area contributed by atoms with Crippen molar-refractivity contribution in [3.05, 3.63) is 63.7 Å². The summed E-state index contributed by atoms with van der Waals surface area (Å²) < 4.78 is 13.7. The van der Waals surface area contributed by atoms with E-state index in [0.29, 0.717) is 23.6 Å². The van der Waals surface area contributed by atoms with Crippen molar-refractivity contribution in [2.24, 2.45) is 0 Å². The summed E-state index contributed by atoms with van der Waals surface area (Å²) in [6.07, 6.45) is -0.801. The van der Waals surface area contributed by atoms with E-state index in [0.717, 1.165) is 11.4 Å². The second kappa shape index (κ2) is 8.26. The maximum absolute atomic E-state index is 12.0. The van der Waals surface area contributed by atoms with E-state index >= 15 is 0 Å². The lowest BCUT2D eigenvalue weighted by molar-refractivity contribution is 0.0526. The number of aryl methyl sites for hydroxylation is 2. The Balaban J connectivity index is 1.67. The van der Waals surface area contributed by atoms with E-state index in [2.05, 4.69) is 5.10 Å². The first kappa shape index (κ1) is 19.6. The van der Waals surface area contributed by atoms with Crippen molar-refractivity contribution in [2.45, 2.75) is 33.4 Å². The van der Waals surface area contributed by atoms with E-state index in [9.17, 15) is 14.7 Å². The fourth-order valence-corrected chi connectivity index (χ4v) is 2.93. The Kier molecular flexibility index (Phi) is 5.79. The van der Waals surface area contributed by atoms with Crippen LogP contribution in [0.1, 0.15) is 28.7 Å². The largest absolute Gasteiger partial charge is 0.491 e. The van der Waals surface area contributed by atoms with Gasteiger partial charge < -0.3 is 19.1 Å². The van der Waals surface area contributed by atoms with Crippen molar-refractivity contribution < 1.29 is 19.4 Å². The van der Waals surface area contributed by atoms with E-state index in [1.807, 2.05) is 18.4 Å². The van der Waals surface area contributed by atoms with E-state index in [4.69, 9.17) is 9.47 Å². The molecule has 8 heteroatoms. The number of benzene rings is 1. The lowest BCUT2D eigenvalue weighted by Gasteiger charge is -2.17. The van der Waals surface area contributed by atoms with Crippen molar-refractivity contribution in [1.29, 1.82) is 0 Å². The molecule has 8 nitrogen and oxygen atoms in total. The van der Waals surface area contributed by atoms with Gasteiger partial charge in [-0.3, -0.25) is 4.79 Å². The summed E-state index contributed by atoms with van der Waals surface area (Å²) in [5.74, 6) is 0.150. The lowest BCUT2D eigenvalue weighted by Crippen LogP contribution is -2.27. The Morgan fingerprint density at radius 2 is 1.93 bits per heavy atom. The molecule has 3 aromatic rings. The topological polar surface area (TPSA) is 95.1 Å². The first-order valence-electron chi connectivity index (χ1n) is 9.04. The molecule has 1 atom stereocenters. The molecule has 0 saturated heterocycles. The predicted octanol–water partition coefficient (Wildman–Crippen LogP) is 1.73. The molecular formula is C20H23N3O5. The van der Waals surface area contributed by atoms with Gasteiger partial charge in [-0.2, -0.15) is 9.61 Å². The van der Waals surface area contributed by atoms with Crippen LogP contribution < -0.4 is 10.3 Å². The monoisotopic (exact) mass is 385 g/mol. The van der Waals surface area contributed by atoms with Gasteiger partial charge in [-0.1, -0.05) is 0 Å². The highest BCUT2D eigenvalue weighted by Gasteiger charge is 2.14. The summed E-state index contributed by atoms with van der Waals surface area (Å²) in [7, 11) is 0. The van der Waals surface area contributed by atoms with Gasteiger partial charge in [0.15, 0.2) is 0 Å². The van der Waals surface area contributed by atoms with Crippen LogP contribution in [0, 0.1) is 13.8 Å². The Bertz CT molecular complexity index is 1040. The molecular weight excluding hydrogens is 362 g/mol. The minimum Gasteiger partial charge on any atom is -0.491 e. The van der Waals surface area contributed by atoms with Crippen molar-refractivity contribution in [1.82, 2.24) is 14.2 Å². The smallest absolute Gasteiger partial charge is 0.338 e. The molecule has 0 unspecified atom stereocenters. The Morgan fingerprint density at radius 1 is 1.21 bits per heavy atom. The molecule has 1 aromatic carbocycles. The van der Waals surface area contributed by atoms with Crippen molar-refractivity contribution >= 4 is 11.6 Å². The molecule has 148 valence electrons. The Hall–Kier alpha value is -3.13. The molecule has 28 heavy (non-hydrogen) atoms. The number of hydrogen-bond acceptors (Lipinski definition) is 6. The summed E-state index contributed by atoms with van der Waals surface area (Å²) in [6.45, 7) is 6.00. The molecule has 0 spiro atoms. The van der Waals surface area contributed by atoms with E-state index in [1.54, 1.807) is 37.3 Å². The first-order chi connectivity index (χ1) is 13.4. The van der Waals surface area contributed by atoms with Crippen LogP contribution in [0.4, 0.5) is 0 Å². The summed E-state index contributed by atoms with van der Waals surface area (Å²) in [5, 5.41) is 14.6. The molecule has 0 aliphatic heterocycles. The maximum atomic E-state index is 12.0. The van der Waals surface area contributed by atoms with Gasteiger partial charge in [-0.05, 0) is 45.0 Å². The number of carbonyl (C=O) groups is 1. The van der Waals surface area contributed by atoms with Crippen LogP contribution in [-0.4, -0.2) is 44.6 Å². The number of aromatic nitrogens is 3. The number of fused-ring (bicyclic) bond motifs is 1. The third-order valence-electron chi connectivity index (χ3n) is 4.26. The molecule has 0 radical (unpaired) electrons. The number of hydrogen-bond donors (Lipinski definition) is 1. The summed E-state index contributed by atoms with van der Waals surface area (Å²) in [4.78, 5) is 23.7. The van der Waals surface area contributed by atoms with Crippen LogP contribution in [0.3, 0.4) is 0 Å². The number of nitrogens with zero attached hydrogens (tertiary/aromatic N) is 3. The average Bonchev–Trinajstić information content (AvgIpc) is 3.06. The number of ether oxygens (including phenoxy) is 2. The van der Waals surface area contributed by atoms with Crippen molar-refractivity contribution in [2.75, 3.05) is 13.2 Å². The van der Waals surface area contributed by atoms with Gasteiger partial charge in [-0.25, -0.2) is 4.79 Å². The Labute approximate surface area is 161 Å². The van der Waals surface area contributed by atoms with Crippen molar-refractivity contribution in [3.8, 4) is 5.75 Å². The van der Waals surface area contributed by atoms with Gasteiger partial charge in [0.1, 0.15) is 24.1 Å². The summed E-state index contributed by atoms with van der Waals surface area (Å²) >= 11 is 0. The average molecular weight is 385 g/mol. The molecule has 0 bridgehead atoms. The third kappa shape index (κ3) is 4.23. The van der Waals surface area contributed by atoms with Crippen LogP contribution in [0.5, 0.6) is 5.75 Å². The van der Waals surface area contributed by atoms with Crippen LogP contribution in [0.2, 0.25) is 0 Å². The molecule has 1 N–H and O–H groups in total. The minimum absolute atomic E-state index is 0.0591. The van der Waals surface area contributed by atoms with Crippen LogP contribution in [0.15, 0.2) is 41.2 Å². The van der Waals surface area contributed by atoms with Gasteiger partial charge in [0.25, 0.3) is 5.56 Å². The number of esters is 1. The summed E-state index contributed by atoms with van der Waals surface area (Å²) in [5.41, 5.74) is 2.32. The maximum Gasteiger partial charge on any atom is 0.338 e. The van der Waals surface area contributed by atoms with Crippen LogP contribution in [0.25, 0.3) is 5.65 Å². The molecule has 0 fully saturated rings. The normalized spacial score (nSPS) is 12.1. The molecule has 3 rings (SSSR count). The molecule has 0 amide bonds. The van der Waals surface area contributed by atoms with Gasteiger partial charge in [0, 0.05) is 17.8 Å². The fourth-order valence-electron chi connectivity index (χ4n) is 2.93. The second-order valence-corrected chi connectivity index (χ2v) is 6.50. The zero-order chi connectivity index (χ0) is 20.3. The zero-order valence-electron chi connectivity index (χ0n) is 16.1. The fraction of sp³-hybridized carbons (Fsp3) is 0.350. The van der Waals surface area contributed by atoms with Crippen molar-refractivity contribution in [3.63, 3.8) is 0 Å². The van der Waals surface area contributed by atoms with Crippen LogP contribution >= 0.6 is 0 Å². The highest BCUT2D eigenvalue weighted by Crippen LogP contribution is 2.14. The van der Waals surface area contributed by atoms with Gasteiger partial charge >= 0.3 is 5.97 Å². The molecule has 0 saturated carbocycles. The van der Waals surface area contributed by atoms with Gasteiger partial charge in [0.2, 0.25) is 0 Å². The molecule has 2 heterocycles. The predicted molar refractivity (Wildman–Crippen MR) is 103 cm³/mol. The van der Waals surface area contributed by atoms with E-state index in [1.165, 1.54) is 10.6 Å². The summed E-state index contributed by atoms with van der Waals surface area (Å²) in [6, 6.07) is 9.83. The Morgan fingerprint density at radius 3 is 2.61 bits per heavy atom. The van der Waals surface area contributed by atoms with Crippen LogP contribution in [-0.2, 0) is 11.3 Å². The van der Waals surface area contributed by atoms with Gasteiger partial charge in [-0.15, -0.1) is 0 Å². The first-order valence-corrected chi connectivity index (χ1v) is 9.04. The quantitative estimate of drug-likeness (QED) is 0.623. The van der Waals surface area contributed by atoms with E-state index in [-0.39, 0.29) is 24.7 Å². The highest BCUT2D eigenvalue weighted by atomic mass is 16.5. The highest BCUT2D eigenvalue weighted by molar-refractivity contribution is 5.89. The molecule has 0 aliphatic carbocycles. The third-order valence-corrected chi connectivity index (χ3v) is 4.26. The van der Waals surface area contributed by atoms with Gasteiger partial charge in [0.05, 0.1) is 24.4 Å². The standard InChI is InChI=1S/C20H23N3O5/c1-4-27-20(26)15-5-7-17(8-6-15)28-12-16(24)11-22-14(3)10-19(25)23-18(22)9-13(2)21-23/h5-10,16,24H,4,11-12H2,1-3H3/t16-/m0/s1. The second-order valence-electron chi connectivity index (χ2n) is 6.50. The number of aliphatic hydroxyl groups excluding tert-OH is 1. The molecule has 0 aliphatic rings. The van der Waals surface area contributed by atoms with E-state index < -0.39 is 6.10 Å². The zero-order valence-corrected chi connectivity index (χ0v) is 16.1.